The molecule has 2 saturated carbocycles. The smallest absolute Gasteiger partial charge is 0.311 e. The van der Waals surface area contributed by atoms with Crippen molar-refractivity contribution in [2.24, 2.45) is 22.7 Å². The molecule has 1 unspecified atom stereocenters. The van der Waals surface area contributed by atoms with Gasteiger partial charge in [0.1, 0.15) is 5.78 Å². The van der Waals surface area contributed by atoms with Gasteiger partial charge < -0.3 is 9.84 Å². The van der Waals surface area contributed by atoms with E-state index in [2.05, 4.69) is 0 Å². The molecule has 5 atom stereocenters. The predicted molar refractivity (Wildman–Crippen MR) is 91.6 cm³/mol. The summed E-state index contributed by atoms with van der Waals surface area (Å²) in [6, 6.07) is 0. The molecule has 3 aliphatic carbocycles. The fourth-order valence-electron chi connectivity index (χ4n) is 5.52. The van der Waals surface area contributed by atoms with Crippen LogP contribution in [0.3, 0.4) is 0 Å². The van der Waals surface area contributed by atoms with Gasteiger partial charge in [-0.15, -0.1) is 0 Å². The Balaban J connectivity index is 2.00. The maximum Gasteiger partial charge on any atom is 0.311 e. The van der Waals surface area contributed by atoms with Crippen LogP contribution in [0.15, 0.2) is 11.6 Å². The zero-order valence-electron chi connectivity index (χ0n) is 15.3. The fourth-order valence-corrected chi connectivity index (χ4v) is 5.52. The highest BCUT2D eigenvalue weighted by atomic mass is 16.5. The number of esters is 1. The Hall–Kier alpha value is -1.49. The van der Waals surface area contributed by atoms with Gasteiger partial charge in [-0.25, -0.2) is 0 Å². The average molecular weight is 348 g/mol. The van der Waals surface area contributed by atoms with Crippen LogP contribution in [0.5, 0.6) is 0 Å². The molecule has 0 aliphatic heterocycles. The minimum Gasteiger partial charge on any atom is -0.469 e. The number of carbonyl (C=O) groups is 3. The van der Waals surface area contributed by atoms with E-state index in [1.54, 1.807) is 6.08 Å². The molecule has 25 heavy (non-hydrogen) atoms. The summed E-state index contributed by atoms with van der Waals surface area (Å²) in [5, 5.41) is 10.4. The van der Waals surface area contributed by atoms with Gasteiger partial charge in [-0.2, -0.15) is 0 Å². The molecule has 0 saturated heterocycles. The zero-order chi connectivity index (χ0) is 18.4. The third-order valence-electron chi connectivity index (χ3n) is 7.08. The van der Waals surface area contributed by atoms with E-state index >= 15 is 0 Å². The Morgan fingerprint density at radius 2 is 1.92 bits per heavy atom. The monoisotopic (exact) mass is 348 g/mol. The number of fused-ring (bicyclic) bond motifs is 3. The van der Waals surface area contributed by atoms with Gasteiger partial charge in [-0.3, -0.25) is 14.4 Å². The lowest BCUT2D eigenvalue weighted by Gasteiger charge is -2.50. The molecule has 3 rings (SSSR count). The number of ether oxygens (including phenoxy) is 1. The molecule has 3 aliphatic rings. The van der Waals surface area contributed by atoms with E-state index in [9.17, 15) is 19.5 Å². The molecule has 0 aromatic rings. The molecule has 5 nitrogen and oxygen atoms in total. The van der Waals surface area contributed by atoms with Gasteiger partial charge in [0.05, 0.1) is 24.5 Å². The third-order valence-corrected chi connectivity index (χ3v) is 7.08. The van der Waals surface area contributed by atoms with Crippen molar-refractivity contribution in [2.45, 2.75) is 64.9 Å². The van der Waals surface area contributed by atoms with Crippen LogP contribution in [0, 0.1) is 22.7 Å². The Labute approximate surface area is 148 Å². The van der Waals surface area contributed by atoms with Crippen LogP contribution in [0.1, 0.15) is 58.8 Å². The number of aliphatic hydroxyl groups excluding tert-OH is 1. The van der Waals surface area contributed by atoms with E-state index in [4.69, 9.17) is 4.74 Å². The molecule has 0 heterocycles. The second-order valence-corrected chi connectivity index (χ2v) is 8.41. The summed E-state index contributed by atoms with van der Waals surface area (Å²) in [5.74, 6) is -0.837. The molecule has 1 N–H and O–H groups in total. The fraction of sp³-hybridized carbons (Fsp3) is 0.750. The predicted octanol–water partition coefficient (Wildman–Crippen LogP) is 2.60. The van der Waals surface area contributed by atoms with E-state index in [1.807, 2.05) is 13.8 Å². The van der Waals surface area contributed by atoms with Gasteiger partial charge in [-0.05, 0) is 56.6 Å². The highest BCUT2D eigenvalue weighted by Gasteiger charge is 2.56. The standard InChI is InChI=1S/C20H28O5/c1-19-9-4-10-20(2,18(24)25-3)15(19)7-5-12-11-14(21)13(17(12)23)6-8-16(19)22/h11,13,15,17,23H,4-10H2,1-3H3/t13-,15-,17?,19+,20+/m1/s1. The molecule has 0 aromatic heterocycles. The second-order valence-electron chi connectivity index (χ2n) is 8.41. The van der Waals surface area contributed by atoms with Crippen molar-refractivity contribution in [3.8, 4) is 0 Å². The summed E-state index contributed by atoms with van der Waals surface area (Å²) in [6.07, 6.45) is 4.88. The van der Waals surface area contributed by atoms with Crippen molar-refractivity contribution in [3.05, 3.63) is 11.6 Å². The van der Waals surface area contributed by atoms with Crippen LogP contribution in [-0.2, 0) is 19.1 Å². The van der Waals surface area contributed by atoms with Crippen LogP contribution in [0.25, 0.3) is 0 Å². The van der Waals surface area contributed by atoms with Crippen LogP contribution in [0.2, 0.25) is 0 Å². The minimum absolute atomic E-state index is 0.0685. The van der Waals surface area contributed by atoms with E-state index < -0.39 is 22.9 Å². The van der Waals surface area contributed by atoms with Crippen molar-refractivity contribution in [2.75, 3.05) is 7.11 Å². The van der Waals surface area contributed by atoms with E-state index in [0.717, 1.165) is 18.4 Å². The van der Waals surface area contributed by atoms with E-state index in [1.165, 1.54) is 7.11 Å². The normalized spacial score (nSPS) is 41.8. The average Bonchev–Trinajstić information content (AvgIpc) is 2.83. The number of aliphatic hydroxyl groups is 1. The first-order chi connectivity index (χ1) is 11.7. The highest BCUT2D eigenvalue weighted by Crippen LogP contribution is 2.55. The summed E-state index contributed by atoms with van der Waals surface area (Å²) >= 11 is 0. The Morgan fingerprint density at radius 1 is 1.20 bits per heavy atom. The first-order valence-corrected chi connectivity index (χ1v) is 9.28. The van der Waals surface area contributed by atoms with Crippen molar-refractivity contribution >= 4 is 17.5 Å². The van der Waals surface area contributed by atoms with Gasteiger partial charge in [0.25, 0.3) is 0 Å². The maximum atomic E-state index is 13.1. The maximum absolute atomic E-state index is 13.1. The lowest BCUT2D eigenvalue weighted by molar-refractivity contribution is -0.166. The number of Topliss-reactive ketones (excluding diaryl/α,β-unsaturated/α-hetero) is 1. The molecule has 0 amide bonds. The number of hydrogen-bond donors (Lipinski definition) is 1. The highest BCUT2D eigenvalue weighted by molar-refractivity contribution is 5.97. The molecule has 2 bridgehead atoms. The van der Waals surface area contributed by atoms with Crippen molar-refractivity contribution in [3.63, 3.8) is 0 Å². The number of rotatable bonds is 1. The Bertz CT molecular complexity index is 636. The summed E-state index contributed by atoms with van der Waals surface area (Å²) in [6.45, 7) is 3.89. The van der Waals surface area contributed by atoms with E-state index in [-0.39, 0.29) is 29.9 Å². The van der Waals surface area contributed by atoms with Crippen LogP contribution in [0.4, 0.5) is 0 Å². The largest absolute Gasteiger partial charge is 0.469 e. The number of hydrogen-bond acceptors (Lipinski definition) is 5. The summed E-state index contributed by atoms with van der Waals surface area (Å²) in [7, 11) is 1.40. The molecule has 2 fully saturated rings. The SMILES string of the molecule is COC(=O)[C@@]1(C)CCC[C@]2(C)C(=O)CC[C@@H]3C(=O)C=C(CC[C@H]21)C3O. The van der Waals surface area contributed by atoms with Crippen LogP contribution >= 0.6 is 0 Å². The Kier molecular flexibility index (Phi) is 4.65. The quantitative estimate of drug-likeness (QED) is 0.737. The first-order valence-electron chi connectivity index (χ1n) is 9.28. The van der Waals surface area contributed by atoms with Crippen molar-refractivity contribution < 1.29 is 24.2 Å². The lowest BCUT2D eigenvalue weighted by atomic mass is 9.52. The van der Waals surface area contributed by atoms with Crippen molar-refractivity contribution in [1.82, 2.24) is 0 Å². The third kappa shape index (κ3) is 2.77. The topological polar surface area (TPSA) is 80.7 Å². The minimum atomic E-state index is -0.780. The van der Waals surface area contributed by atoms with Crippen molar-refractivity contribution in [1.29, 1.82) is 0 Å². The zero-order valence-corrected chi connectivity index (χ0v) is 15.3. The number of methoxy groups -OCH3 is 1. The lowest BCUT2D eigenvalue weighted by Crippen LogP contribution is -2.52. The number of ketones is 2. The molecule has 0 radical (unpaired) electrons. The molecule has 5 heteroatoms. The molecular formula is C20H28O5. The Morgan fingerprint density at radius 3 is 2.60 bits per heavy atom. The number of allylic oxidation sites excluding steroid dienone is 1. The summed E-state index contributed by atoms with van der Waals surface area (Å²) < 4.78 is 5.08. The van der Waals surface area contributed by atoms with Gasteiger partial charge >= 0.3 is 5.97 Å². The first kappa shape index (κ1) is 18.3. The number of carbonyl (C=O) groups excluding carboxylic acids is 3. The molecule has 0 aromatic carbocycles. The summed E-state index contributed by atoms with van der Waals surface area (Å²) in [4.78, 5) is 37.8. The van der Waals surface area contributed by atoms with Gasteiger partial charge in [0, 0.05) is 11.8 Å². The summed E-state index contributed by atoms with van der Waals surface area (Å²) in [5.41, 5.74) is -0.527. The van der Waals surface area contributed by atoms with E-state index in [0.29, 0.717) is 25.7 Å². The van der Waals surface area contributed by atoms with Crippen LogP contribution < -0.4 is 0 Å². The van der Waals surface area contributed by atoms with Gasteiger partial charge in [-0.1, -0.05) is 13.3 Å². The molecular weight excluding hydrogens is 320 g/mol. The second kappa shape index (κ2) is 6.35. The van der Waals surface area contributed by atoms with Gasteiger partial charge in [0.15, 0.2) is 5.78 Å². The van der Waals surface area contributed by atoms with Gasteiger partial charge in [0.2, 0.25) is 0 Å². The molecule has 138 valence electrons. The van der Waals surface area contributed by atoms with Crippen LogP contribution in [-0.4, -0.2) is 35.9 Å². The molecule has 0 spiro atoms.